The van der Waals surface area contributed by atoms with Crippen molar-refractivity contribution in [2.75, 3.05) is 0 Å². The van der Waals surface area contributed by atoms with E-state index in [9.17, 15) is 0 Å². The molecular weight excluding hydrogens is 386 g/mol. The van der Waals surface area contributed by atoms with Gasteiger partial charge in [0.2, 0.25) is 0 Å². The maximum atomic E-state index is 7.20. The van der Waals surface area contributed by atoms with E-state index in [0.29, 0.717) is 0 Å². The number of rotatable bonds is 23. The zero-order chi connectivity index (χ0) is 21.6. The molecule has 0 aliphatic rings. The lowest BCUT2D eigenvalue weighted by Gasteiger charge is -2.38. The van der Waals surface area contributed by atoms with E-state index in [-0.39, 0.29) is 17.9 Å². The van der Waals surface area contributed by atoms with Crippen LogP contribution < -0.4 is 5.73 Å². The molecule has 0 radical (unpaired) electrons. The van der Waals surface area contributed by atoms with Gasteiger partial charge in [-0.3, -0.25) is 0 Å². The highest BCUT2D eigenvalue weighted by Crippen LogP contribution is 2.34. The first-order chi connectivity index (χ1) is 14.1. The third-order valence-electron chi connectivity index (χ3n) is 7.20. The Kier molecular flexibility index (Phi) is 25.8. The molecular formula is C28H60ClN. The molecule has 0 amide bonds. The second-order valence-electron chi connectivity index (χ2n) is 9.93. The van der Waals surface area contributed by atoms with Gasteiger partial charge in [-0.05, 0) is 25.2 Å². The molecule has 0 aromatic carbocycles. The van der Waals surface area contributed by atoms with Gasteiger partial charge in [-0.1, -0.05) is 150 Å². The predicted molar refractivity (Wildman–Crippen MR) is 142 cm³/mol. The molecule has 0 aromatic rings. The van der Waals surface area contributed by atoms with E-state index in [4.69, 9.17) is 5.73 Å². The molecule has 2 N–H and O–H groups in total. The Balaban J connectivity index is 0. The summed E-state index contributed by atoms with van der Waals surface area (Å²) in [6, 6.07) is 0. The Labute approximate surface area is 198 Å². The smallest absolute Gasteiger partial charge is 0.0182 e. The van der Waals surface area contributed by atoms with Crippen molar-refractivity contribution < 1.29 is 0 Å². The largest absolute Gasteiger partial charge is 0.325 e. The molecule has 184 valence electrons. The van der Waals surface area contributed by atoms with Gasteiger partial charge >= 0.3 is 0 Å². The summed E-state index contributed by atoms with van der Waals surface area (Å²) in [6.07, 6.45) is 30.2. The lowest BCUT2D eigenvalue weighted by atomic mass is 9.73. The monoisotopic (exact) mass is 445 g/mol. The maximum absolute atomic E-state index is 7.20. The van der Waals surface area contributed by atoms with E-state index in [1.807, 2.05) is 0 Å². The zero-order valence-corrected chi connectivity index (χ0v) is 22.4. The molecule has 0 aromatic heterocycles. The van der Waals surface area contributed by atoms with E-state index >= 15 is 0 Å². The van der Waals surface area contributed by atoms with Crippen molar-refractivity contribution in [3.8, 4) is 0 Å². The fourth-order valence-corrected chi connectivity index (χ4v) is 5.07. The van der Waals surface area contributed by atoms with Crippen LogP contribution in [0.5, 0.6) is 0 Å². The van der Waals surface area contributed by atoms with Crippen LogP contribution in [0.1, 0.15) is 169 Å². The van der Waals surface area contributed by atoms with Gasteiger partial charge in [0.05, 0.1) is 0 Å². The van der Waals surface area contributed by atoms with Gasteiger partial charge in [-0.15, -0.1) is 12.4 Å². The van der Waals surface area contributed by atoms with E-state index in [1.54, 1.807) is 0 Å². The molecule has 0 saturated carbocycles. The molecule has 0 spiro atoms. The zero-order valence-electron chi connectivity index (χ0n) is 21.6. The van der Waals surface area contributed by atoms with Crippen LogP contribution in [-0.4, -0.2) is 5.54 Å². The number of hydrogen-bond donors (Lipinski definition) is 1. The molecule has 0 fully saturated rings. The third kappa shape index (κ3) is 17.9. The van der Waals surface area contributed by atoms with Crippen LogP contribution in [-0.2, 0) is 0 Å². The SMILES string of the molecule is CCCCCCCCC(CC)C(N)(CCCCCCCC)CCCCCCCC.Cl. The summed E-state index contributed by atoms with van der Waals surface area (Å²) in [7, 11) is 0. The minimum Gasteiger partial charge on any atom is -0.325 e. The van der Waals surface area contributed by atoms with Gasteiger partial charge in [0.25, 0.3) is 0 Å². The van der Waals surface area contributed by atoms with E-state index < -0.39 is 0 Å². The van der Waals surface area contributed by atoms with Gasteiger partial charge in [0.15, 0.2) is 0 Å². The predicted octanol–water partition coefficient (Wildman–Crippen LogP) is 10.4. The van der Waals surface area contributed by atoms with E-state index in [1.165, 1.54) is 141 Å². The van der Waals surface area contributed by atoms with Gasteiger partial charge in [-0.2, -0.15) is 0 Å². The van der Waals surface area contributed by atoms with Crippen LogP contribution in [0.25, 0.3) is 0 Å². The molecule has 0 bridgehead atoms. The molecule has 30 heavy (non-hydrogen) atoms. The van der Waals surface area contributed by atoms with Crippen molar-refractivity contribution in [3.63, 3.8) is 0 Å². The first-order valence-electron chi connectivity index (χ1n) is 13.9. The standard InChI is InChI=1S/C28H59N.ClH/c1-5-9-12-15-18-21-24-27(8-4)28(29,25-22-19-16-13-10-6-2)26-23-20-17-14-11-7-3;/h27H,5-26,29H2,1-4H3;1H. The Bertz CT molecular complexity index is 302. The Morgan fingerprint density at radius 2 is 0.833 bits per heavy atom. The Morgan fingerprint density at radius 1 is 0.500 bits per heavy atom. The highest BCUT2D eigenvalue weighted by Gasteiger charge is 2.32. The summed E-state index contributed by atoms with van der Waals surface area (Å²) < 4.78 is 0. The Morgan fingerprint density at radius 3 is 1.20 bits per heavy atom. The van der Waals surface area contributed by atoms with Crippen LogP contribution in [0.2, 0.25) is 0 Å². The fourth-order valence-electron chi connectivity index (χ4n) is 5.07. The average Bonchev–Trinajstić information content (AvgIpc) is 2.72. The molecule has 1 unspecified atom stereocenters. The maximum Gasteiger partial charge on any atom is 0.0182 e. The van der Waals surface area contributed by atoms with Crippen LogP contribution >= 0.6 is 12.4 Å². The van der Waals surface area contributed by atoms with Crippen molar-refractivity contribution in [1.82, 2.24) is 0 Å². The van der Waals surface area contributed by atoms with Gasteiger partial charge in [-0.25, -0.2) is 0 Å². The summed E-state index contributed by atoms with van der Waals surface area (Å²) in [6.45, 7) is 9.31. The van der Waals surface area contributed by atoms with E-state index in [2.05, 4.69) is 27.7 Å². The summed E-state index contributed by atoms with van der Waals surface area (Å²) in [4.78, 5) is 0. The van der Waals surface area contributed by atoms with E-state index in [0.717, 1.165) is 5.92 Å². The van der Waals surface area contributed by atoms with Gasteiger partial charge in [0.1, 0.15) is 0 Å². The summed E-state index contributed by atoms with van der Waals surface area (Å²) in [5, 5.41) is 0. The van der Waals surface area contributed by atoms with Gasteiger partial charge in [0, 0.05) is 5.54 Å². The Hall–Kier alpha value is 0.250. The van der Waals surface area contributed by atoms with Crippen LogP contribution in [0, 0.1) is 5.92 Å². The molecule has 0 saturated heterocycles. The minimum absolute atomic E-state index is 0. The summed E-state index contributed by atoms with van der Waals surface area (Å²) in [5.41, 5.74) is 7.30. The quantitative estimate of drug-likeness (QED) is 0.155. The van der Waals surface area contributed by atoms with Crippen molar-refractivity contribution in [2.24, 2.45) is 11.7 Å². The lowest BCUT2D eigenvalue weighted by molar-refractivity contribution is 0.199. The normalized spacial score (nSPS) is 12.7. The third-order valence-corrected chi connectivity index (χ3v) is 7.20. The van der Waals surface area contributed by atoms with Crippen molar-refractivity contribution in [3.05, 3.63) is 0 Å². The molecule has 0 aliphatic heterocycles. The fraction of sp³-hybridized carbons (Fsp3) is 1.00. The second-order valence-corrected chi connectivity index (χ2v) is 9.93. The highest BCUT2D eigenvalue weighted by atomic mass is 35.5. The minimum atomic E-state index is 0. The molecule has 1 nitrogen and oxygen atoms in total. The number of unbranched alkanes of at least 4 members (excludes halogenated alkanes) is 15. The van der Waals surface area contributed by atoms with Crippen molar-refractivity contribution in [1.29, 1.82) is 0 Å². The first kappa shape index (κ1) is 32.4. The van der Waals surface area contributed by atoms with Crippen molar-refractivity contribution in [2.45, 2.75) is 174 Å². The van der Waals surface area contributed by atoms with Crippen molar-refractivity contribution >= 4 is 12.4 Å². The van der Waals surface area contributed by atoms with Crippen LogP contribution in [0.4, 0.5) is 0 Å². The molecule has 1 atom stereocenters. The van der Waals surface area contributed by atoms with Crippen LogP contribution in [0.3, 0.4) is 0 Å². The average molecular weight is 446 g/mol. The summed E-state index contributed by atoms with van der Waals surface area (Å²) in [5.74, 6) is 0.736. The second kappa shape index (κ2) is 23.9. The molecule has 0 rings (SSSR count). The van der Waals surface area contributed by atoms with Gasteiger partial charge < -0.3 is 5.73 Å². The molecule has 0 aliphatic carbocycles. The number of halogens is 1. The lowest BCUT2D eigenvalue weighted by Crippen LogP contribution is -2.47. The first-order valence-corrected chi connectivity index (χ1v) is 13.9. The number of nitrogens with two attached hydrogens (primary N) is 1. The number of hydrogen-bond acceptors (Lipinski definition) is 1. The topological polar surface area (TPSA) is 26.0 Å². The molecule has 2 heteroatoms. The van der Waals surface area contributed by atoms with Crippen LogP contribution in [0.15, 0.2) is 0 Å². The highest BCUT2D eigenvalue weighted by molar-refractivity contribution is 5.85. The molecule has 0 heterocycles. The summed E-state index contributed by atoms with van der Waals surface area (Å²) >= 11 is 0.